The summed E-state index contributed by atoms with van der Waals surface area (Å²) >= 11 is 11.7. The molecule has 22 heavy (non-hydrogen) atoms. The van der Waals surface area contributed by atoms with Crippen LogP contribution in [-0.2, 0) is 6.54 Å². The van der Waals surface area contributed by atoms with Crippen LogP contribution in [0.3, 0.4) is 0 Å². The van der Waals surface area contributed by atoms with Crippen molar-refractivity contribution in [2.45, 2.75) is 12.6 Å². The molecule has 0 fully saturated rings. The summed E-state index contributed by atoms with van der Waals surface area (Å²) in [7, 11) is 0. The molecule has 0 aliphatic heterocycles. The molecule has 1 aromatic carbocycles. The van der Waals surface area contributed by atoms with E-state index in [9.17, 15) is 9.90 Å². The number of amides is 2. The first-order valence-electron chi connectivity index (χ1n) is 6.59. The van der Waals surface area contributed by atoms with Crippen LogP contribution in [0, 0.1) is 0 Å². The zero-order valence-corrected chi connectivity index (χ0v) is 13.1. The maximum Gasteiger partial charge on any atom is 0.315 e. The summed E-state index contributed by atoms with van der Waals surface area (Å²) in [5.41, 5.74) is 1.44. The van der Waals surface area contributed by atoms with Gasteiger partial charge in [-0.3, -0.25) is 4.98 Å². The Balaban J connectivity index is 1.80. The van der Waals surface area contributed by atoms with Crippen molar-refractivity contribution in [2.24, 2.45) is 0 Å². The van der Waals surface area contributed by atoms with Crippen LogP contribution in [0.25, 0.3) is 0 Å². The average Bonchev–Trinajstić information content (AvgIpc) is 2.50. The van der Waals surface area contributed by atoms with Gasteiger partial charge in [0.25, 0.3) is 0 Å². The van der Waals surface area contributed by atoms with Crippen LogP contribution < -0.4 is 10.6 Å². The van der Waals surface area contributed by atoms with Crippen LogP contribution in [-0.4, -0.2) is 22.7 Å². The molecule has 0 radical (unpaired) electrons. The molecular weight excluding hydrogens is 325 g/mol. The molecule has 116 valence electrons. The van der Waals surface area contributed by atoms with E-state index in [2.05, 4.69) is 15.6 Å². The molecule has 0 saturated heterocycles. The van der Waals surface area contributed by atoms with Gasteiger partial charge in [0.2, 0.25) is 0 Å². The van der Waals surface area contributed by atoms with Crippen molar-refractivity contribution in [2.75, 3.05) is 6.54 Å². The SMILES string of the molecule is O=C(NCc1cccnc1)NCC(O)c1cc(Cl)cc(Cl)c1. The van der Waals surface area contributed by atoms with E-state index in [4.69, 9.17) is 23.2 Å². The minimum atomic E-state index is -0.889. The van der Waals surface area contributed by atoms with E-state index < -0.39 is 6.10 Å². The van der Waals surface area contributed by atoms with Gasteiger partial charge in [-0.2, -0.15) is 0 Å². The standard InChI is InChI=1S/C15H15Cl2N3O2/c16-12-4-11(5-13(17)6-12)14(21)9-20-15(22)19-8-10-2-1-3-18-7-10/h1-7,14,21H,8-9H2,(H2,19,20,22). The quantitative estimate of drug-likeness (QED) is 0.783. The fraction of sp³-hybridized carbons (Fsp3) is 0.200. The molecule has 2 rings (SSSR count). The van der Waals surface area contributed by atoms with Crippen molar-refractivity contribution in [1.29, 1.82) is 0 Å². The van der Waals surface area contributed by atoms with Gasteiger partial charge in [0.05, 0.1) is 6.10 Å². The van der Waals surface area contributed by atoms with Crippen molar-refractivity contribution in [1.82, 2.24) is 15.6 Å². The van der Waals surface area contributed by atoms with Crippen molar-refractivity contribution < 1.29 is 9.90 Å². The molecule has 1 atom stereocenters. The van der Waals surface area contributed by atoms with E-state index >= 15 is 0 Å². The highest BCUT2D eigenvalue weighted by Crippen LogP contribution is 2.23. The Hall–Kier alpha value is -1.82. The Morgan fingerprint density at radius 3 is 2.59 bits per heavy atom. The number of carbonyl (C=O) groups excluding carboxylic acids is 1. The lowest BCUT2D eigenvalue weighted by atomic mass is 10.1. The molecule has 2 amide bonds. The maximum atomic E-state index is 11.7. The van der Waals surface area contributed by atoms with E-state index in [1.807, 2.05) is 6.07 Å². The number of hydrogen-bond donors (Lipinski definition) is 3. The van der Waals surface area contributed by atoms with Crippen LogP contribution in [0.15, 0.2) is 42.7 Å². The second kappa shape index (κ2) is 7.98. The summed E-state index contributed by atoms with van der Waals surface area (Å²) in [6.45, 7) is 0.411. The molecule has 1 heterocycles. The van der Waals surface area contributed by atoms with Crippen LogP contribution in [0.5, 0.6) is 0 Å². The summed E-state index contributed by atoms with van der Waals surface area (Å²) in [5, 5.41) is 16.2. The van der Waals surface area contributed by atoms with Gasteiger partial charge in [0, 0.05) is 35.5 Å². The fourth-order valence-corrected chi connectivity index (χ4v) is 2.37. The second-order valence-electron chi connectivity index (χ2n) is 4.64. The van der Waals surface area contributed by atoms with Gasteiger partial charge in [-0.15, -0.1) is 0 Å². The summed E-state index contributed by atoms with van der Waals surface area (Å²) in [4.78, 5) is 15.6. The first-order valence-corrected chi connectivity index (χ1v) is 7.35. The van der Waals surface area contributed by atoms with E-state index in [0.717, 1.165) is 5.56 Å². The molecular formula is C15H15Cl2N3O2. The molecule has 0 aliphatic rings. The lowest BCUT2D eigenvalue weighted by molar-refractivity contribution is 0.173. The number of rotatable bonds is 5. The van der Waals surface area contributed by atoms with Gasteiger partial charge in [-0.1, -0.05) is 29.3 Å². The van der Waals surface area contributed by atoms with Crippen molar-refractivity contribution >= 4 is 29.2 Å². The van der Waals surface area contributed by atoms with Gasteiger partial charge in [-0.25, -0.2) is 4.79 Å². The smallest absolute Gasteiger partial charge is 0.315 e. The number of aliphatic hydroxyl groups is 1. The number of carbonyl (C=O) groups is 1. The van der Waals surface area contributed by atoms with Gasteiger partial charge >= 0.3 is 6.03 Å². The van der Waals surface area contributed by atoms with Crippen LogP contribution >= 0.6 is 23.2 Å². The van der Waals surface area contributed by atoms with Crippen molar-refractivity contribution in [3.63, 3.8) is 0 Å². The Kier molecular flexibility index (Phi) is 6.00. The lowest BCUT2D eigenvalue weighted by Crippen LogP contribution is -2.37. The van der Waals surface area contributed by atoms with Crippen LogP contribution in [0.4, 0.5) is 4.79 Å². The summed E-state index contributed by atoms with van der Waals surface area (Å²) in [5.74, 6) is 0. The van der Waals surface area contributed by atoms with E-state index in [1.54, 1.807) is 36.7 Å². The summed E-state index contributed by atoms with van der Waals surface area (Å²) in [6.07, 6.45) is 2.44. The van der Waals surface area contributed by atoms with E-state index in [-0.39, 0.29) is 12.6 Å². The molecule has 0 aliphatic carbocycles. The summed E-state index contributed by atoms with van der Waals surface area (Å²) < 4.78 is 0. The average molecular weight is 340 g/mol. The van der Waals surface area contributed by atoms with Crippen molar-refractivity contribution in [3.05, 3.63) is 63.9 Å². The third-order valence-corrected chi connectivity index (χ3v) is 3.34. The molecule has 2 aromatic rings. The highest BCUT2D eigenvalue weighted by molar-refractivity contribution is 6.34. The molecule has 0 bridgehead atoms. The lowest BCUT2D eigenvalue weighted by Gasteiger charge is -2.13. The normalized spacial score (nSPS) is 11.8. The predicted molar refractivity (Wildman–Crippen MR) is 85.9 cm³/mol. The molecule has 3 N–H and O–H groups in total. The van der Waals surface area contributed by atoms with Gasteiger partial charge in [0.15, 0.2) is 0 Å². The third-order valence-electron chi connectivity index (χ3n) is 2.90. The zero-order valence-electron chi connectivity index (χ0n) is 11.6. The topological polar surface area (TPSA) is 74.2 Å². The molecule has 0 spiro atoms. The van der Waals surface area contributed by atoms with E-state index in [1.165, 1.54) is 0 Å². The minimum absolute atomic E-state index is 0.0511. The zero-order chi connectivity index (χ0) is 15.9. The number of halogens is 2. The second-order valence-corrected chi connectivity index (χ2v) is 5.52. The highest BCUT2D eigenvalue weighted by Gasteiger charge is 2.11. The Morgan fingerprint density at radius 2 is 1.95 bits per heavy atom. The third kappa shape index (κ3) is 5.18. The number of aliphatic hydroxyl groups excluding tert-OH is 1. The number of urea groups is 1. The number of benzene rings is 1. The fourth-order valence-electron chi connectivity index (χ4n) is 1.82. The first-order chi connectivity index (χ1) is 10.5. The predicted octanol–water partition coefficient (Wildman–Crippen LogP) is 2.92. The van der Waals surface area contributed by atoms with Crippen molar-refractivity contribution in [3.8, 4) is 0 Å². The van der Waals surface area contributed by atoms with Crippen LogP contribution in [0.2, 0.25) is 10.0 Å². The largest absolute Gasteiger partial charge is 0.387 e. The number of hydrogen-bond acceptors (Lipinski definition) is 3. The molecule has 7 heteroatoms. The minimum Gasteiger partial charge on any atom is -0.387 e. The number of aromatic nitrogens is 1. The van der Waals surface area contributed by atoms with Gasteiger partial charge in [0.1, 0.15) is 0 Å². The molecule has 1 aromatic heterocycles. The number of pyridine rings is 1. The monoisotopic (exact) mass is 339 g/mol. The highest BCUT2D eigenvalue weighted by atomic mass is 35.5. The molecule has 0 saturated carbocycles. The first kappa shape index (κ1) is 16.5. The molecule has 1 unspecified atom stereocenters. The number of nitrogens with zero attached hydrogens (tertiary/aromatic N) is 1. The Bertz CT molecular complexity index is 618. The number of nitrogens with one attached hydrogen (secondary N) is 2. The van der Waals surface area contributed by atoms with Crippen LogP contribution in [0.1, 0.15) is 17.2 Å². The van der Waals surface area contributed by atoms with E-state index in [0.29, 0.717) is 22.2 Å². The van der Waals surface area contributed by atoms with Gasteiger partial charge < -0.3 is 15.7 Å². The van der Waals surface area contributed by atoms with Gasteiger partial charge in [-0.05, 0) is 35.4 Å². The Morgan fingerprint density at radius 1 is 1.23 bits per heavy atom. The maximum absolute atomic E-state index is 11.7. The molecule has 5 nitrogen and oxygen atoms in total. The summed E-state index contributed by atoms with van der Waals surface area (Å²) in [6, 6.07) is 8.06. The Labute approximate surface area is 138 Å².